The summed E-state index contributed by atoms with van der Waals surface area (Å²) in [5.41, 5.74) is 5.07. The molecule has 0 spiro atoms. The molecule has 0 bridgehead atoms. The Bertz CT molecular complexity index is 854. The molecule has 0 aromatic heterocycles. The standard InChI is InChI=1S/C22H29N3O4/c1-4-7-16-8-5-6-9-17(16)24-25-19-11-15(3)14(2)10-18(19)23-12-20(27)22(29)21(28)13-26/h4-6,8-11,20-23,26-29H,1,7,12-13H2,2-3H3/t20-,21+,22-/m0/s1. The zero-order valence-corrected chi connectivity index (χ0v) is 16.8. The highest BCUT2D eigenvalue weighted by Gasteiger charge is 2.24. The summed E-state index contributed by atoms with van der Waals surface area (Å²) in [5, 5.41) is 50.1. The van der Waals surface area contributed by atoms with E-state index in [1.54, 1.807) is 0 Å². The van der Waals surface area contributed by atoms with E-state index in [1.807, 2.05) is 56.3 Å². The molecular formula is C22H29N3O4. The van der Waals surface area contributed by atoms with Crippen molar-refractivity contribution < 1.29 is 20.4 Å². The van der Waals surface area contributed by atoms with Gasteiger partial charge in [-0.25, -0.2) is 0 Å². The van der Waals surface area contributed by atoms with Gasteiger partial charge in [0.25, 0.3) is 0 Å². The normalized spacial score (nSPS) is 14.6. The third-order valence-electron chi connectivity index (χ3n) is 4.71. The number of anilines is 1. The number of aliphatic hydroxyl groups excluding tert-OH is 4. The first-order chi connectivity index (χ1) is 13.9. The van der Waals surface area contributed by atoms with Gasteiger partial charge in [-0.3, -0.25) is 0 Å². The van der Waals surface area contributed by atoms with Gasteiger partial charge in [-0.1, -0.05) is 24.3 Å². The lowest BCUT2D eigenvalue weighted by molar-refractivity contribution is -0.0715. The van der Waals surface area contributed by atoms with Crippen LogP contribution in [0.15, 0.2) is 59.3 Å². The Morgan fingerprint density at radius 3 is 2.34 bits per heavy atom. The molecule has 7 nitrogen and oxygen atoms in total. The smallest absolute Gasteiger partial charge is 0.110 e. The number of aliphatic hydroxyl groups is 4. The van der Waals surface area contributed by atoms with Gasteiger partial charge in [-0.15, -0.1) is 11.7 Å². The van der Waals surface area contributed by atoms with E-state index in [-0.39, 0.29) is 6.54 Å². The molecule has 0 amide bonds. The fourth-order valence-corrected chi connectivity index (χ4v) is 2.77. The molecule has 29 heavy (non-hydrogen) atoms. The zero-order chi connectivity index (χ0) is 21.4. The van der Waals surface area contributed by atoms with E-state index in [9.17, 15) is 15.3 Å². The monoisotopic (exact) mass is 399 g/mol. The second kappa shape index (κ2) is 10.8. The number of allylic oxidation sites excluding steroid dienone is 1. The maximum absolute atomic E-state index is 10.1. The summed E-state index contributed by atoms with van der Waals surface area (Å²) in [6.45, 7) is 7.03. The number of nitrogens with zero attached hydrogens (tertiary/aromatic N) is 2. The number of azo groups is 1. The second-order valence-electron chi connectivity index (χ2n) is 6.96. The number of rotatable bonds is 10. The third kappa shape index (κ3) is 6.20. The van der Waals surface area contributed by atoms with E-state index < -0.39 is 24.9 Å². The van der Waals surface area contributed by atoms with Crippen LogP contribution in [0.25, 0.3) is 0 Å². The van der Waals surface area contributed by atoms with Crippen molar-refractivity contribution in [3.8, 4) is 0 Å². The number of benzene rings is 2. The van der Waals surface area contributed by atoms with Gasteiger partial charge in [0.15, 0.2) is 0 Å². The molecule has 156 valence electrons. The van der Waals surface area contributed by atoms with Gasteiger partial charge in [0.05, 0.1) is 24.1 Å². The molecule has 0 aliphatic carbocycles. The van der Waals surface area contributed by atoms with Crippen molar-refractivity contribution in [1.29, 1.82) is 0 Å². The third-order valence-corrected chi connectivity index (χ3v) is 4.71. The maximum Gasteiger partial charge on any atom is 0.110 e. The van der Waals surface area contributed by atoms with Crippen LogP contribution in [0.1, 0.15) is 16.7 Å². The van der Waals surface area contributed by atoms with Crippen molar-refractivity contribution in [2.75, 3.05) is 18.5 Å². The highest BCUT2D eigenvalue weighted by molar-refractivity contribution is 5.68. The lowest BCUT2D eigenvalue weighted by Gasteiger charge is -2.22. The Morgan fingerprint density at radius 2 is 1.66 bits per heavy atom. The minimum Gasteiger partial charge on any atom is -0.394 e. The summed E-state index contributed by atoms with van der Waals surface area (Å²) in [6.07, 6.45) is -1.64. The summed E-state index contributed by atoms with van der Waals surface area (Å²) >= 11 is 0. The summed E-state index contributed by atoms with van der Waals surface area (Å²) < 4.78 is 0. The summed E-state index contributed by atoms with van der Waals surface area (Å²) in [5.74, 6) is 0. The van der Waals surface area contributed by atoms with E-state index in [2.05, 4.69) is 22.1 Å². The van der Waals surface area contributed by atoms with Gasteiger partial charge in [0, 0.05) is 6.54 Å². The molecule has 2 rings (SSSR count). The topological polar surface area (TPSA) is 118 Å². The Balaban J connectivity index is 2.24. The Hall–Kier alpha value is -2.58. The molecule has 7 heteroatoms. The van der Waals surface area contributed by atoms with Gasteiger partial charge in [-0.05, 0) is 55.2 Å². The van der Waals surface area contributed by atoms with Gasteiger partial charge in [-0.2, -0.15) is 5.11 Å². The molecule has 0 heterocycles. The summed E-state index contributed by atoms with van der Waals surface area (Å²) in [7, 11) is 0. The lowest BCUT2D eigenvalue weighted by Crippen LogP contribution is -2.42. The van der Waals surface area contributed by atoms with Crippen molar-refractivity contribution in [3.05, 3.63) is 65.7 Å². The predicted octanol–water partition coefficient (Wildman–Crippen LogP) is 2.93. The van der Waals surface area contributed by atoms with Crippen LogP contribution in [-0.4, -0.2) is 51.9 Å². The molecule has 3 atom stereocenters. The highest BCUT2D eigenvalue weighted by atomic mass is 16.4. The zero-order valence-electron chi connectivity index (χ0n) is 16.8. The number of hydrogen-bond acceptors (Lipinski definition) is 7. The molecular weight excluding hydrogens is 370 g/mol. The van der Waals surface area contributed by atoms with E-state index in [1.165, 1.54) is 0 Å². The van der Waals surface area contributed by atoms with E-state index in [0.29, 0.717) is 17.8 Å². The number of nitrogens with one attached hydrogen (secondary N) is 1. The summed E-state index contributed by atoms with van der Waals surface area (Å²) in [4.78, 5) is 0. The van der Waals surface area contributed by atoms with Gasteiger partial charge in [0.2, 0.25) is 0 Å². The van der Waals surface area contributed by atoms with Crippen LogP contribution in [0.2, 0.25) is 0 Å². The van der Waals surface area contributed by atoms with Crippen LogP contribution in [0, 0.1) is 13.8 Å². The van der Waals surface area contributed by atoms with Crippen LogP contribution in [0.4, 0.5) is 17.1 Å². The molecule has 0 aliphatic heterocycles. The van der Waals surface area contributed by atoms with Crippen LogP contribution in [0.3, 0.4) is 0 Å². The first-order valence-electron chi connectivity index (χ1n) is 9.48. The fourth-order valence-electron chi connectivity index (χ4n) is 2.77. The molecule has 0 saturated heterocycles. The largest absolute Gasteiger partial charge is 0.394 e. The van der Waals surface area contributed by atoms with E-state index in [0.717, 1.165) is 22.4 Å². The van der Waals surface area contributed by atoms with Crippen LogP contribution in [-0.2, 0) is 6.42 Å². The van der Waals surface area contributed by atoms with Gasteiger partial charge in [0.1, 0.15) is 17.9 Å². The van der Waals surface area contributed by atoms with Crippen molar-refractivity contribution in [3.63, 3.8) is 0 Å². The fraction of sp³-hybridized carbons (Fsp3) is 0.364. The highest BCUT2D eigenvalue weighted by Crippen LogP contribution is 2.31. The van der Waals surface area contributed by atoms with Crippen LogP contribution in [0.5, 0.6) is 0 Å². The molecule has 0 saturated carbocycles. The number of hydrogen-bond donors (Lipinski definition) is 5. The maximum atomic E-state index is 10.1. The van der Waals surface area contributed by atoms with Crippen molar-refractivity contribution in [2.45, 2.75) is 38.6 Å². The lowest BCUT2D eigenvalue weighted by atomic mass is 10.1. The van der Waals surface area contributed by atoms with E-state index in [4.69, 9.17) is 5.11 Å². The SMILES string of the molecule is C=CCc1ccccc1N=Nc1cc(C)c(C)cc1NC[C@H](O)[C@H](O)[C@H](O)CO. The van der Waals surface area contributed by atoms with Gasteiger partial charge < -0.3 is 25.7 Å². The molecule has 5 N–H and O–H groups in total. The molecule has 0 fully saturated rings. The van der Waals surface area contributed by atoms with Crippen LogP contribution >= 0.6 is 0 Å². The van der Waals surface area contributed by atoms with Crippen molar-refractivity contribution in [1.82, 2.24) is 0 Å². The molecule has 0 unspecified atom stereocenters. The van der Waals surface area contributed by atoms with E-state index >= 15 is 0 Å². The average molecular weight is 399 g/mol. The first kappa shape index (κ1) is 22.7. The Labute approximate surface area is 171 Å². The quantitative estimate of drug-likeness (QED) is 0.311. The second-order valence-corrected chi connectivity index (χ2v) is 6.96. The predicted molar refractivity (Wildman–Crippen MR) is 114 cm³/mol. The first-order valence-corrected chi connectivity index (χ1v) is 9.48. The molecule has 2 aromatic rings. The van der Waals surface area contributed by atoms with Gasteiger partial charge >= 0.3 is 0 Å². The minimum absolute atomic E-state index is 0.0314. The van der Waals surface area contributed by atoms with Crippen LogP contribution < -0.4 is 5.32 Å². The van der Waals surface area contributed by atoms with Crippen molar-refractivity contribution >= 4 is 17.1 Å². The molecule has 0 radical (unpaired) electrons. The molecule has 0 aliphatic rings. The minimum atomic E-state index is -1.46. The average Bonchev–Trinajstić information content (AvgIpc) is 2.72. The Kier molecular flexibility index (Phi) is 8.48. The Morgan fingerprint density at radius 1 is 1.00 bits per heavy atom. The number of aryl methyl sites for hydroxylation is 2. The van der Waals surface area contributed by atoms with Crippen molar-refractivity contribution in [2.24, 2.45) is 10.2 Å². The summed E-state index contributed by atoms with van der Waals surface area (Å²) in [6, 6.07) is 11.5. The molecule has 2 aromatic carbocycles.